The Labute approximate surface area is 123 Å². The first-order chi connectivity index (χ1) is 9.50. The van der Waals surface area contributed by atoms with Gasteiger partial charge in [-0.15, -0.1) is 0 Å². The lowest BCUT2D eigenvalue weighted by Crippen LogP contribution is -2.27. The summed E-state index contributed by atoms with van der Waals surface area (Å²) in [6.07, 6.45) is 6.05. The first-order valence-corrected chi connectivity index (χ1v) is 8.22. The zero-order valence-corrected chi connectivity index (χ0v) is 13.2. The number of ketones is 1. The van der Waals surface area contributed by atoms with E-state index in [9.17, 15) is 4.79 Å². The van der Waals surface area contributed by atoms with Crippen molar-refractivity contribution in [3.8, 4) is 0 Å². The van der Waals surface area contributed by atoms with E-state index in [-0.39, 0.29) is 11.2 Å². The number of rotatable bonds is 4. The third kappa shape index (κ3) is 2.39. The van der Waals surface area contributed by atoms with E-state index in [4.69, 9.17) is 0 Å². The maximum absolute atomic E-state index is 12.2. The molecule has 0 aromatic carbocycles. The molecule has 2 aromatic heterocycles. The standard InChI is InChI=1S/C15H21N3OS/c1-4-5-6-7-12-16-14-18(17-12)10-8-15(2,3)9-11(19)13(10)20-14/h4-9H2,1-3H3. The zero-order chi connectivity index (χ0) is 14.3. The molecule has 2 aromatic rings. The molecule has 4 nitrogen and oxygen atoms in total. The van der Waals surface area contributed by atoms with Crippen molar-refractivity contribution in [2.24, 2.45) is 5.41 Å². The molecule has 0 bridgehead atoms. The van der Waals surface area contributed by atoms with Gasteiger partial charge in [0.05, 0.1) is 10.6 Å². The van der Waals surface area contributed by atoms with Crippen LogP contribution in [-0.2, 0) is 12.8 Å². The molecule has 0 aliphatic heterocycles. The summed E-state index contributed by atoms with van der Waals surface area (Å²) in [7, 11) is 0. The topological polar surface area (TPSA) is 47.3 Å². The van der Waals surface area contributed by atoms with Crippen molar-refractivity contribution in [1.82, 2.24) is 14.6 Å². The van der Waals surface area contributed by atoms with Crippen molar-refractivity contribution in [3.63, 3.8) is 0 Å². The highest BCUT2D eigenvalue weighted by molar-refractivity contribution is 7.19. The summed E-state index contributed by atoms with van der Waals surface area (Å²) in [5.41, 5.74) is 1.10. The Hall–Kier alpha value is -1.23. The molecular formula is C15H21N3OS. The Morgan fingerprint density at radius 3 is 2.85 bits per heavy atom. The van der Waals surface area contributed by atoms with Crippen molar-refractivity contribution in [2.75, 3.05) is 0 Å². The second-order valence-electron chi connectivity index (χ2n) is 6.50. The monoisotopic (exact) mass is 291 g/mol. The molecule has 1 aliphatic rings. The Morgan fingerprint density at radius 1 is 1.30 bits per heavy atom. The van der Waals surface area contributed by atoms with Gasteiger partial charge in [0, 0.05) is 12.8 Å². The summed E-state index contributed by atoms with van der Waals surface area (Å²) in [4.78, 5) is 18.6. The number of fused-ring (bicyclic) bond motifs is 3. The van der Waals surface area contributed by atoms with Gasteiger partial charge in [0.25, 0.3) is 0 Å². The molecule has 0 atom stereocenters. The molecule has 1 aliphatic carbocycles. The molecule has 108 valence electrons. The van der Waals surface area contributed by atoms with Crippen LogP contribution in [0.3, 0.4) is 0 Å². The normalized spacial score (nSPS) is 17.6. The van der Waals surface area contributed by atoms with E-state index in [2.05, 4.69) is 30.9 Å². The van der Waals surface area contributed by atoms with Gasteiger partial charge in [-0.25, -0.2) is 9.50 Å². The second-order valence-corrected chi connectivity index (χ2v) is 7.48. The molecule has 5 heteroatoms. The van der Waals surface area contributed by atoms with Gasteiger partial charge in [0.1, 0.15) is 0 Å². The van der Waals surface area contributed by atoms with Crippen LogP contribution in [0.4, 0.5) is 0 Å². The Balaban J connectivity index is 1.94. The number of aryl methyl sites for hydroxylation is 1. The van der Waals surface area contributed by atoms with Gasteiger partial charge in [-0.3, -0.25) is 4.79 Å². The van der Waals surface area contributed by atoms with Crippen LogP contribution in [0.5, 0.6) is 0 Å². The number of carbonyl (C=O) groups excluding carboxylic acids is 1. The van der Waals surface area contributed by atoms with E-state index in [0.29, 0.717) is 6.42 Å². The number of unbranched alkanes of at least 4 members (excludes halogenated alkanes) is 2. The van der Waals surface area contributed by atoms with E-state index in [1.165, 1.54) is 24.2 Å². The average molecular weight is 291 g/mol. The molecule has 0 amide bonds. The van der Waals surface area contributed by atoms with E-state index in [0.717, 1.165) is 40.6 Å². The molecule has 0 saturated carbocycles. The number of nitrogens with zero attached hydrogens (tertiary/aromatic N) is 3. The minimum absolute atomic E-state index is 0.0341. The van der Waals surface area contributed by atoms with Gasteiger partial charge >= 0.3 is 0 Å². The molecule has 0 unspecified atom stereocenters. The van der Waals surface area contributed by atoms with Crippen LogP contribution in [0.25, 0.3) is 4.96 Å². The fourth-order valence-electron chi connectivity index (χ4n) is 2.87. The molecule has 0 saturated heterocycles. The number of carbonyl (C=O) groups is 1. The second kappa shape index (κ2) is 4.95. The summed E-state index contributed by atoms with van der Waals surface area (Å²) in [5, 5.41) is 4.62. The lowest BCUT2D eigenvalue weighted by molar-refractivity contribution is 0.0915. The van der Waals surface area contributed by atoms with Crippen LogP contribution < -0.4 is 0 Å². The van der Waals surface area contributed by atoms with Gasteiger partial charge in [0.2, 0.25) is 4.96 Å². The van der Waals surface area contributed by atoms with Crippen molar-refractivity contribution in [3.05, 3.63) is 16.4 Å². The van der Waals surface area contributed by atoms with Crippen LogP contribution >= 0.6 is 11.3 Å². The van der Waals surface area contributed by atoms with E-state index < -0.39 is 0 Å². The summed E-state index contributed by atoms with van der Waals surface area (Å²) < 4.78 is 1.92. The SMILES string of the molecule is CCCCCc1nc2sc3c(n2n1)CC(C)(C)CC3=O. The molecule has 0 spiro atoms. The third-order valence-electron chi connectivity index (χ3n) is 3.87. The van der Waals surface area contributed by atoms with Crippen molar-refractivity contribution < 1.29 is 4.79 Å². The van der Waals surface area contributed by atoms with Crippen molar-refractivity contribution >= 4 is 22.1 Å². The molecule has 0 radical (unpaired) electrons. The average Bonchev–Trinajstić information content (AvgIpc) is 2.87. The summed E-state index contributed by atoms with van der Waals surface area (Å²) in [5.74, 6) is 1.17. The summed E-state index contributed by atoms with van der Waals surface area (Å²) in [6.45, 7) is 6.50. The third-order valence-corrected chi connectivity index (χ3v) is 4.99. The number of aromatic nitrogens is 3. The minimum atomic E-state index is 0.0341. The number of thiazole rings is 1. The van der Waals surface area contributed by atoms with Crippen molar-refractivity contribution in [1.29, 1.82) is 0 Å². The van der Waals surface area contributed by atoms with E-state index >= 15 is 0 Å². The van der Waals surface area contributed by atoms with Crippen LogP contribution in [-0.4, -0.2) is 20.4 Å². The smallest absolute Gasteiger partial charge is 0.213 e. The molecule has 20 heavy (non-hydrogen) atoms. The van der Waals surface area contributed by atoms with Gasteiger partial charge < -0.3 is 0 Å². The van der Waals surface area contributed by atoms with Crippen LogP contribution in [0.1, 0.15) is 67.6 Å². The van der Waals surface area contributed by atoms with Crippen LogP contribution in [0, 0.1) is 5.41 Å². The highest BCUT2D eigenvalue weighted by atomic mass is 32.1. The van der Waals surface area contributed by atoms with Crippen LogP contribution in [0.2, 0.25) is 0 Å². The fourth-order valence-corrected chi connectivity index (χ4v) is 3.90. The van der Waals surface area contributed by atoms with Gasteiger partial charge in [-0.1, -0.05) is 44.9 Å². The predicted octanol–water partition coefficient (Wildman–Crippen LogP) is 3.68. The quantitative estimate of drug-likeness (QED) is 0.807. The number of Topliss-reactive ketones (excluding diaryl/α,β-unsaturated/α-hetero) is 1. The molecule has 3 rings (SSSR count). The molecule has 0 fully saturated rings. The minimum Gasteiger partial charge on any atom is -0.293 e. The number of hydrogen-bond acceptors (Lipinski definition) is 4. The maximum Gasteiger partial charge on any atom is 0.213 e. The van der Waals surface area contributed by atoms with E-state index in [1.807, 2.05) is 4.52 Å². The highest BCUT2D eigenvalue weighted by Crippen LogP contribution is 2.38. The number of hydrogen-bond donors (Lipinski definition) is 0. The first-order valence-electron chi connectivity index (χ1n) is 7.41. The van der Waals surface area contributed by atoms with Gasteiger partial charge in [-0.05, 0) is 18.3 Å². The van der Waals surface area contributed by atoms with Crippen molar-refractivity contribution in [2.45, 2.75) is 59.3 Å². The van der Waals surface area contributed by atoms with Gasteiger partial charge in [-0.2, -0.15) is 5.10 Å². The Bertz CT molecular complexity index is 653. The van der Waals surface area contributed by atoms with Gasteiger partial charge in [0.15, 0.2) is 11.6 Å². The largest absolute Gasteiger partial charge is 0.293 e. The van der Waals surface area contributed by atoms with E-state index in [1.54, 1.807) is 0 Å². The lowest BCUT2D eigenvalue weighted by atomic mass is 9.78. The fraction of sp³-hybridized carbons (Fsp3) is 0.667. The molecule has 0 N–H and O–H groups in total. The first kappa shape index (κ1) is 13.7. The summed E-state index contributed by atoms with van der Waals surface area (Å²) in [6, 6.07) is 0. The Kier molecular flexibility index (Phi) is 3.40. The van der Waals surface area contributed by atoms with Crippen LogP contribution in [0.15, 0.2) is 0 Å². The predicted molar refractivity (Wildman–Crippen MR) is 80.5 cm³/mol. The highest BCUT2D eigenvalue weighted by Gasteiger charge is 2.35. The maximum atomic E-state index is 12.2. The summed E-state index contributed by atoms with van der Waals surface area (Å²) >= 11 is 1.51. The molecular weight excluding hydrogens is 270 g/mol. The molecule has 2 heterocycles. The Morgan fingerprint density at radius 2 is 2.10 bits per heavy atom. The zero-order valence-electron chi connectivity index (χ0n) is 12.4. The lowest BCUT2D eigenvalue weighted by Gasteiger charge is -2.27.